The number of hydrogen-bond acceptors (Lipinski definition) is 4. The number of rotatable bonds is 4. The van der Waals surface area contributed by atoms with E-state index in [0.717, 1.165) is 41.1 Å². The molecule has 0 radical (unpaired) electrons. The lowest BCUT2D eigenvalue weighted by Gasteiger charge is -2.36. The molecule has 3 rings (SSSR count). The van der Waals surface area contributed by atoms with E-state index in [2.05, 4.69) is 31.2 Å². The van der Waals surface area contributed by atoms with Crippen molar-refractivity contribution in [2.45, 2.75) is 85.0 Å². The third-order valence-electron chi connectivity index (χ3n) is 5.98. The molecule has 0 N–H and O–H groups in total. The molecule has 1 aliphatic carbocycles. The molecule has 0 bridgehead atoms. The predicted molar refractivity (Wildman–Crippen MR) is 128 cm³/mol. The average molecular weight is 429 g/mol. The number of benzene rings is 1. The number of pyridine rings is 1. The summed E-state index contributed by atoms with van der Waals surface area (Å²) in [6, 6.07) is 10.1. The van der Waals surface area contributed by atoms with E-state index in [9.17, 15) is 4.55 Å². The zero-order chi connectivity index (χ0) is 22.1. The summed E-state index contributed by atoms with van der Waals surface area (Å²) in [6.45, 7) is 14.7. The second-order valence-corrected chi connectivity index (χ2v) is 12.5. The molecule has 1 saturated carbocycles. The summed E-state index contributed by atoms with van der Waals surface area (Å²) < 4.78 is 22.6. The summed E-state index contributed by atoms with van der Waals surface area (Å²) in [5.74, 6) is 1.70. The van der Waals surface area contributed by atoms with Gasteiger partial charge in [-0.1, -0.05) is 31.2 Å². The maximum atomic E-state index is 12.3. The molecule has 1 atom stereocenters. The molecule has 0 unspecified atom stereocenters. The van der Waals surface area contributed by atoms with Crippen molar-refractivity contribution in [3.63, 3.8) is 0 Å². The van der Waals surface area contributed by atoms with Gasteiger partial charge >= 0.3 is 0 Å². The van der Waals surface area contributed by atoms with Gasteiger partial charge in [-0.3, -0.25) is 0 Å². The van der Waals surface area contributed by atoms with Crippen molar-refractivity contribution < 1.29 is 9.29 Å². The van der Waals surface area contributed by atoms with Gasteiger partial charge in [0.15, 0.2) is 0 Å². The highest BCUT2D eigenvalue weighted by Gasteiger charge is 2.30. The van der Waals surface area contributed by atoms with Gasteiger partial charge in [-0.15, -0.1) is 0 Å². The molecule has 1 aromatic heterocycles. The lowest BCUT2D eigenvalue weighted by atomic mass is 9.72. The van der Waals surface area contributed by atoms with E-state index in [-0.39, 0.29) is 4.75 Å². The highest BCUT2D eigenvalue weighted by Crippen LogP contribution is 2.39. The topological polar surface area (TPSA) is 57.5 Å². The molecule has 164 valence electrons. The Morgan fingerprint density at radius 1 is 1.03 bits per heavy atom. The number of hydrogen-bond donors (Lipinski definition) is 0. The molecule has 1 fully saturated rings. The number of nitrogens with zero attached hydrogens (tertiary/aromatic N) is 2. The highest BCUT2D eigenvalue weighted by molar-refractivity contribution is 7.91. The van der Waals surface area contributed by atoms with Crippen molar-refractivity contribution in [1.82, 2.24) is 4.98 Å². The first-order valence-corrected chi connectivity index (χ1v) is 12.1. The van der Waals surface area contributed by atoms with Crippen LogP contribution in [0.5, 0.6) is 5.75 Å². The maximum absolute atomic E-state index is 12.3. The van der Waals surface area contributed by atoms with Crippen molar-refractivity contribution in [3.8, 4) is 5.75 Å². The quantitative estimate of drug-likeness (QED) is 0.413. The van der Waals surface area contributed by atoms with Gasteiger partial charge in [-0.2, -0.15) is 0 Å². The van der Waals surface area contributed by atoms with Gasteiger partial charge in [0.2, 0.25) is 0 Å². The monoisotopic (exact) mass is 428 g/mol. The van der Waals surface area contributed by atoms with Crippen LogP contribution >= 0.6 is 0 Å². The maximum Gasteiger partial charge on any atom is 0.144 e. The van der Waals surface area contributed by atoms with Crippen LogP contribution in [0.1, 0.15) is 79.8 Å². The van der Waals surface area contributed by atoms with Gasteiger partial charge in [-0.05, 0) is 89.0 Å². The SMILES string of the molecule is C/C(=N/[S@+]([O-])C(C)(C)C)c1ccc2cc(O[C@H]3CC[C@H](C(C)(C)C)CC3)ccc2n1. The molecule has 2 aromatic rings. The molecule has 0 spiro atoms. The molecule has 1 aromatic carbocycles. The summed E-state index contributed by atoms with van der Waals surface area (Å²) in [4.78, 5) is 4.71. The second kappa shape index (κ2) is 8.88. The molecular formula is C25H36N2O2S. The standard InChI is InChI=1S/C25H36N2O2S/c1-17(27-30(28)25(5,6)7)22-14-8-18-16-21(13-15-23(18)26-22)29-20-11-9-19(10-12-20)24(2,3)4/h8,13-16,19-20H,9-12H2,1-7H3/b27-17-/t19-,20-,30-/m1/s1. The van der Waals surface area contributed by atoms with Gasteiger partial charge in [-0.25, -0.2) is 4.98 Å². The second-order valence-electron chi connectivity index (χ2n) is 10.5. The van der Waals surface area contributed by atoms with Crippen LogP contribution in [0.3, 0.4) is 0 Å². The van der Waals surface area contributed by atoms with Crippen molar-refractivity contribution in [2.24, 2.45) is 15.7 Å². The summed E-state index contributed by atoms with van der Waals surface area (Å²) in [6.07, 6.45) is 5.02. The minimum atomic E-state index is -1.29. The van der Waals surface area contributed by atoms with E-state index in [1.165, 1.54) is 12.8 Å². The summed E-state index contributed by atoms with van der Waals surface area (Å²) >= 11 is -1.29. The van der Waals surface area contributed by atoms with E-state index >= 15 is 0 Å². The van der Waals surface area contributed by atoms with Gasteiger partial charge in [0, 0.05) is 5.39 Å². The molecule has 0 aliphatic heterocycles. The molecule has 1 heterocycles. The minimum absolute atomic E-state index is 0.301. The molecule has 1 aliphatic rings. The van der Waals surface area contributed by atoms with Gasteiger partial charge in [0.25, 0.3) is 0 Å². The van der Waals surface area contributed by atoms with E-state index < -0.39 is 11.4 Å². The van der Waals surface area contributed by atoms with Crippen LogP contribution in [0.25, 0.3) is 10.9 Å². The lowest BCUT2D eigenvalue weighted by Crippen LogP contribution is -2.30. The Hall–Kier alpha value is -1.59. The van der Waals surface area contributed by atoms with Crippen LogP contribution in [0, 0.1) is 11.3 Å². The zero-order valence-electron chi connectivity index (χ0n) is 19.5. The van der Waals surface area contributed by atoms with Crippen LogP contribution in [0.4, 0.5) is 0 Å². The third-order valence-corrected chi connectivity index (χ3v) is 7.46. The Kier molecular flexibility index (Phi) is 6.83. The van der Waals surface area contributed by atoms with Crippen LogP contribution in [0.15, 0.2) is 34.7 Å². The highest BCUT2D eigenvalue weighted by atomic mass is 32.2. The molecule has 0 amide bonds. The Bertz CT molecular complexity index is 903. The Balaban J connectivity index is 1.69. The first-order valence-electron chi connectivity index (χ1n) is 11.0. The van der Waals surface area contributed by atoms with Crippen LogP contribution in [0.2, 0.25) is 0 Å². The number of fused-ring (bicyclic) bond motifs is 1. The number of ether oxygens (including phenoxy) is 1. The van der Waals surface area contributed by atoms with Crippen molar-refractivity contribution in [3.05, 3.63) is 36.0 Å². The van der Waals surface area contributed by atoms with Crippen LogP contribution in [-0.4, -0.2) is 26.1 Å². The van der Waals surface area contributed by atoms with E-state index in [1.54, 1.807) is 0 Å². The van der Waals surface area contributed by atoms with Gasteiger partial charge < -0.3 is 9.29 Å². The molecular weight excluding hydrogens is 392 g/mol. The first-order chi connectivity index (χ1) is 13.9. The van der Waals surface area contributed by atoms with Crippen LogP contribution in [-0.2, 0) is 11.4 Å². The summed E-state index contributed by atoms with van der Waals surface area (Å²) in [5, 5.41) is 1.05. The fourth-order valence-electron chi connectivity index (χ4n) is 3.93. The van der Waals surface area contributed by atoms with E-state index in [4.69, 9.17) is 9.72 Å². The van der Waals surface area contributed by atoms with Crippen molar-refractivity contribution in [2.75, 3.05) is 0 Å². The van der Waals surface area contributed by atoms with Gasteiger partial charge in [0.1, 0.15) is 27.6 Å². The smallest absolute Gasteiger partial charge is 0.144 e. The van der Waals surface area contributed by atoms with Crippen LogP contribution < -0.4 is 4.74 Å². The largest absolute Gasteiger partial charge is 0.591 e. The Morgan fingerprint density at radius 2 is 1.70 bits per heavy atom. The zero-order valence-corrected chi connectivity index (χ0v) is 20.3. The van der Waals surface area contributed by atoms with Crippen molar-refractivity contribution in [1.29, 1.82) is 0 Å². The predicted octanol–water partition coefficient (Wildman–Crippen LogP) is 6.49. The van der Waals surface area contributed by atoms with Crippen molar-refractivity contribution >= 4 is 28.0 Å². The fourth-order valence-corrected chi connectivity index (χ4v) is 4.54. The Morgan fingerprint density at radius 3 is 2.30 bits per heavy atom. The molecule has 5 heteroatoms. The average Bonchev–Trinajstić information content (AvgIpc) is 2.66. The minimum Gasteiger partial charge on any atom is -0.591 e. The molecule has 0 saturated heterocycles. The third kappa shape index (κ3) is 5.76. The fraction of sp³-hybridized carbons (Fsp3) is 0.600. The normalized spacial score (nSPS) is 22.2. The van der Waals surface area contributed by atoms with Gasteiger partial charge in [0.05, 0.1) is 17.3 Å². The molecule has 30 heavy (non-hydrogen) atoms. The first kappa shape index (κ1) is 23.1. The van der Waals surface area contributed by atoms with E-state index in [0.29, 0.717) is 17.2 Å². The Labute approximate surface area is 184 Å². The summed E-state index contributed by atoms with van der Waals surface area (Å²) in [5.41, 5.74) is 2.74. The lowest BCUT2D eigenvalue weighted by molar-refractivity contribution is 0.0883. The summed E-state index contributed by atoms with van der Waals surface area (Å²) in [7, 11) is 0. The van der Waals surface area contributed by atoms with E-state index in [1.807, 2.05) is 52.0 Å². The molecule has 4 nitrogen and oxygen atoms in total. The number of aromatic nitrogens is 1.